The molecule has 3 aromatic rings. The normalized spacial score (nSPS) is 16.5. The van der Waals surface area contributed by atoms with Crippen LogP contribution in [0.3, 0.4) is 0 Å². The molecule has 4 rings (SSSR count). The van der Waals surface area contributed by atoms with Gasteiger partial charge in [0.2, 0.25) is 5.89 Å². The van der Waals surface area contributed by atoms with Crippen molar-refractivity contribution in [2.24, 2.45) is 14.1 Å². The van der Waals surface area contributed by atoms with Gasteiger partial charge in [-0.1, -0.05) is 12.1 Å². The first-order chi connectivity index (χ1) is 14.8. The van der Waals surface area contributed by atoms with Gasteiger partial charge in [0.25, 0.3) is 11.5 Å². The Balaban J connectivity index is 1.61. The van der Waals surface area contributed by atoms with E-state index >= 15 is 0 Å². The fourth-order valence-electron chi connectivity index (χ4n) is 3.88. The van der Waals surface area contributed by atoms with Crippen LogP contribution in [0, 0.1) is 5.82 Å². The Hall–Kier alpha value is -3.49. The van der Waals surface area contributed by atoms with E-state index in [4.69, 9.17) is 4.42 Å². The van der Waals surface area contributed by atoms with E-state index in [2.05, 4.69) is 4.98 Å². The van der Waals surface area contributed by atoms with Gasteiger partial charge in [0.1, 0.15) is 23.3 Å². The molecule has 1 atom stereocenters. The van der Waals surface area contributed by atoms with Gasteiger partial charge in [-0.15, -0.1) is 0 Å². The van der Waals surface area contributed by atoms with Gasteiger partial charge in [-0.3, -0.25) is 18.7 Å². The number of hydrogen-bond acceptors (Lipinski definition) is 5. The Morgan fingerprint density at radius 1 is 1.16 bits per heavy atom. The van der Waals surface area contributed by atoms with Crippen LogP contribution in [-0.4, -0.2) is 31.5 Å². The zero-order valence-corrected chi connectivity index (χ0v) is 17.4. The van der Waals surface area contributed by atoms with E-state index < -0.39 is 17.2 Å². The molecule has 0 radical (unpaired) electrons. The lowest BCUT2D eigenvalue weighted by atomic mass is 10.0. The third kappa shape index (κ3) is 4.08. The van der Waals surface area contributed by atoms with Crippen molar-refractivity contribution < 1.29 is 13.6 Å². The number of piperidine rings is 1. The maximum atomic E-state index is 13.3. The lowest BCUT2D eigenvalue weighted by molar-refractivity contribution is 0.0557. The minimum Gasteiger partial charge on any atom is -0.443 e. The monoisotopic (exact) mass is 426 g/mol. The molecule has 8 nitrogen and oxygen atoms in total. The van der Waals surface area contributed by atoms with Crippen molar-refractivity contribution in [2.45, 2.75) is 31.7 Å². The summed E-state index contributed by atoms with van der Waals surface area (Å²) in [5.74, 6) is 0.323. The highest BCUT2D eigenvalue weighted by atomic mass is 19.1. The van der Waals surface area contributed by atoms with E-state index in [-0.39, 0.29) is 17.6 Å². The quantitative estimate of drug-likeness (QED) is 0.638. The van der Waals surface area contributed by atoms with Crippen molar-refractivity contribution in [3.63, 3.8) is 0 Å². The van der Waals surface area contributed by atoms with Crippen molar-refractivity contribution >= 4 is 5.91 Å². The van der Waals surface area contributed by atoms with Gasteiger partial charge in [0.15, 0.2) is 0 Å². The molecule has 1 unspecified atom stereocenters. The fraction of sp³-hybridized carbons (Fsp3) is 0.364. The average Bonchev–Trinajstić information content (AvgIpc) is 3.24. The van der Waals surface area contributed by atoms with Crippen LogP contribution in [0.5, 0.6) is 0 Å². The Morgan fingerprint density at radius 3 is 2.65 bits per heavy atom. The second-order valence-corrected chi connectivity index (χ2v) is 7.75. The summed E-state index contributed by atoms with van der Waals surface area (Å²) in [6.45, 7) is 0.475. The van der Waals surface area contributed by atoms with E-state index in [1.165, 1.54) is 36.9 Å². The summed E-state index contributed by atoms with van der Waals surface area (Å²) in [5, 5.41) is 0. The zero-order valence-electron chi connectivity index (χ0n) is 17.4. The molecule has 3 heterocycles. The number of amides is 1. The Labute approximate surface area is 177 Å². The number of benzene rings is 1. The third-order valence-electron chi connectivity index (χ3n) is 5.66. The van der Waals surface area contributed by atoms with Gasteiger partial charge in [0.05, 0.1) is 6.20 Å². The van der Waals surface area contributed by atoms with Gasteiger partial charge in [-0.2, -0.15) is 0 Å². The Kier molecular flexibility index (Phi) is 5.58. The first-order valence-corrected chi connectivity index (χ1v) is 10.1. The molecule has 2 aromatic heterocycles. The largest absolute Gasteiger partial charge is 0.443 e. The molecule has 9 heteroatoms. The van der Waals surface area contributed by atoms with Crippen LogP contribution in [0.4, 0.5) is 4.39 Å². The van der Waals surface area contributed by atoms with Gasteiger partial charge < -0.3 is 9.32 Å². The van der Waals surface area contributed by atoms with Crippen LogP contribution in [-0.2, 0) is 20.5 Å². The number of nitrogens with zero attached hydrogens (tertiary/aromatic N) is 4. The molecule has 1 saturated heterocycles. The molecule has 0 N–H and O–H groups in total. The van der Waals surface area contributed by atoms with Crippen LogP contribution < -0.4 is 11.2 Å². The van der Waals surface area contributed by atoms with Gasteiger partial charge in [0, 0.05) is 33.1 Å². The lowest BCUT2D eigenvalue weighted by Crippen LogP contribution is -2.44. The topological polar surface area (TPSA) is 90.3 Å². The number of carbonyl (C=O) groups excluding carboxylic acids is 1. The SMILES string of the molecule is Cn1c(C(=O)N2CCCCC2c2ncc(Cc3ccc(F)cc3)o2)cc(=O)n(C)c1=O. The van der Waals surface area contributed by atoms with E-state index in [1.54, 1.807) is 23.2 Å². The number of hydrogen-bond donors (Lipinski definition) is 0. The van der Waals surface area contributed by atoms with Crippen LogP contribution in [0.2, 0.25) is 0 Å². The van der Waals surface area contributed by atoms with Gasteiger partial charge >= 0.3 is 5.69 Å². The molecule has 0 spiro atoms. The molecule has 0 saturated carbocycles. The minimum absolute atomic E-state index is 0.0399. The summed E-state index contributed by atoms with van der Waals surface area (Å²) >= 11 is 0. The Morgan fingerprint density at radius 2 is 1.90 bits per heavy atom. The zero-order chi connectivity index (χ0) is 22.1. The van der Waals surface area contributed by atoms with E-state index in [1.807, 2.05) is 0 Å². The van der Waals surface area contributed by atoms with E-state index in [9.17, 15) is 18.8 Å². The molecular formula is C22H23FN4O4. The summed E-state index contributed by atoms with van der Waals surface area (Å²) in [5.41, 5.74) is -0.159. The molecule has 1 aromatic carbocycles. The smallest absolute Gasteiger partial charge is 0.331 e. The molecule has 31 heavy (non-hydrogen) atoms. The predicted molar refractivity (Wildman–Crippen MR) is 110 cm³/mol. The van der Waals surface area contributed by atoms with Crippen LogP contribution >= 0.6 is 0 Å². The second kappa shape index (κ2) is 8.33. The Bertz CT molecular complexity index is 1230. The van der Waals surface area contributed by atoms with Crippen molar-refractivity contribution in [1.82, 2.24) is 19.0 Å². The minimum atomic E-state index is -0.554. The third-order valence-corrected chi connectivity index (χ3v) is 5.66. The van der Waals surface area contributed by atoms with Crippen LogP contribution in [0.25, 0.3) is 0 Å². The summed E-state index contributed by atoms with van der Waals surface area (Å²) in [7, 11) is 2.85. The van der Waals surface area contributed by atoms with Crippen molar-refractivity contribution in [1.29, 1.82) is 0 Å². The molecule has 1 fully saturated rings. The highest BCUT2D eigenvalue weighted by Gasteiger charge is 2.33. The number of likely N-dealkylation sites (tertiary alicyclic amines) is 1. The average molecular weight is 426 g/mol. The molecule has 0 bridgehead atoms. The number of aromatic nitrogens is 3. The number of oxazole rings is 1. The molecule has 162 valence electrons. The molecular weight excluding hydrogens is 403 g/mol. The van der Waals surface area contributed by atoms with E-state index in [0.29, 0.717) is 31.0 Å². The highest BCUT2D eigenvalue weighted by molar-refractivity contribution is 5.92. The maximum Gasteiger partial charge on any atom is 0.331 e. The summed E-state index contributed by atoms with van der Waals surface area (Å²) in [6.07, 6.45) is 4.45. The highest BCUT2D eigenvalue weighted by Crippen LogP contribution is 2.32. The first-order valence-electron chi connectivity index (χ1n) is 10.1. The summed E-state index contributed by atoms with van der Waals surface area (Å²) < 4.78 is 21.2. The van der Waals surface area contributed by atoms with Crippen molar-refractivity contribution in [3.8, 4) is 0 Å². The maximum absolute atomic E-state index is 13.3. The van der Waals surface area contributed by atoms with Crippen molar-refractivity contribution in [3.05, 3.63) is 86.1 Å². The van der Waals surface area contributed by atoms with E-state index in [0.717, 1.165) is 23.0 Å². The summed E-state index contributed by atoms with van der Waals surface area (Å²) in [4.78, 5) is 43.6. The van der Waals surface area contributed by atoms with Crippen molar-refractivity contribution in [2.75, 3.05) is 6.54 Å². The molecule has 0 aliphatic carbocycles. The summed E-state index contributed by atoms with van der Waals surface area (Å²) in [6, 6.07) is 6.95. The predicted octanol–water partition coefficient (Wildman–Crippen LogP) is 2.17. The second-order valence-electron chi connectivity index (χ2n) is 7.75. The fourth-order valence-corrected chi connectivity index (χ4v) is 3.88. The number of rotatable bonds is 4. The van der Waals surface area contributed by atoms with Gasteiger partial charge in [-0.05, 0) is 37.0 Å². The number of carbonyl (C=O) groups is 1. The molecule has 1 aliphatic heterocycles. The lowest BCUT2D eigenvalue weighted by Gasteiger charge is -2.34. The standard InChI is InChI=1S/C22H23FN4O4/c1-25-18(12-19(28)26(2)22(25)30)21(29)27-10-4-3-5-17(27)20-24-13-16(31-20)11-14-6-8-15(23)9-7-14/h6-9,12-13,17H,3-5,10-11H2,1-2H3. The number of halogens is 1. The van der Waals surface area contributed by atoms with Crippen LogP contribution in [0.15, 0.2) is 50.5 Å². The van der Waals surface area contributed by atoms with Gasteiger partial charge in [-0.25, -0.2) is 14.2 Å². The molecule has 1 aliphatic rings. The molecule has 1 amide bonds. The first kappa shape index (κ1) is 20.8. The van der Waals surface area contributed by atoms with Crippen LogP contribution in [0.1, 0.15) is 53.0 Å².